The van der Waals surface area contributed by atoms with Crippen molar-refractivity contribution in [3.63, 3.8) is 0 Å². The molecule has 0 amide bonds. The monoisotopic (exact) mass is 382 g/mol. The van der Waals surface area contributed by atoms with Crippen molar-refractivity contribution in [2.24, 2.45) is 5.92 Å². The Morgan fingerprint density at radius 2 is 1.73 bits per heavy atom. The van der Waals surface area contributed by atoms with E-state index in [2.05, 4.69) is 67.1 Å². The molecule has 3 heteroatoms. The molecule has 1 aromatic rings. The summed E-state index contributed by atoms with van der Waals surface area (Å²) in [6.07, 6.45) is 7.04. The van der Waals surface area contributed by atoms with Crippen molar-refractivity contribution < 1.29 is 4.74 Å². The Hall–Kier alpha value is -0.123. The lowest BCUT2D eigenvalue weighted by atomic mass is 9.82. The highest BCUT2D eigenvalue weighted by Crippen LogP contribution is 2.39. The number of halogens is 1. The molecule has 1 aromatic carbocycles. The Morgan fingerprint density at radius 3 is 2.27 bits per heavy atom. The zero-order valence-corrected chi connectivity index (χ0v) is 17.3. The van der Waals surface area contributed by atoms with E-state index < -0.39 is 8.80 Å². The second-order valence-electron chi connectivity index (χ2n) is 7.82. The largest absolute Gasteiger partial charge is 0.373 e. The van der Waals surface area contributed by atoms with Gasteiger partial charge >= 0.3 is 0 Å². The van der Waals surface area contributed by atoms with E-state index in [9.17, 15) is 0 Å². The predicted molar refractivity (Wildman–Crippen MR) is 102 cm³/mol. The number of benzene rings is 1. The molecule has 0 N–H and O–H groups in total. The van der Waals surface area contributed by atoms with Gasteiger partial charge in [-0.1, -0.05) is 74.3 Å². The van der Waals surface area contributed by atoms with Gasteiger partial charge < -0.3 is 4.74 Å². The van der Waals surface area contributed by atoms with Crippen molar-refractivity contribution >= 4 is 24.7 Å². The van der Waals surface area contributed by atoms with Crippen molar-refractivity contribution in [1.82, 2.24) is 0 Å². The minimum atomic E-state index is -0.715. The summed E-state index contributed by atoms with van der Waals surface area (Å²) < 4.78 is 7.70. The molecule has 0 aliphatic heterocycles. The van der Waals surface area contributed by atoms with Gasteiger partial charge in [-0.2, -0.15) is 0 Å². The average molecular weight is 383 g/mol. The molecule has 124 valence electrons. The maximum absolute atomic E-state index is 6.55. The lowest BCUT2D eigenvalue weighted by molar-refractivity contribution is -0.0119. The van der Waals surface area contributed by atoms with E-state index in [0.29, 0.717) is 11.0 Å². The van der Waals surface area contributed by atoms with Gasteiger partial charge in [0.25, 0.3) is 0 Å². The Balaban J connectivity index is 2.12. The molecular formula is C19H31BrOSi. The molecule has 0 heterocycles. The summed E-state index contributed by atoms with van der Waals surface area (Å²) in [5.41, 5.74) is 1.36. The quantitative estimate of drug-likeness (QED) is 0.520. The highest BCUT2D eigenvalue weighted by atomic mass is 79.9. The molecule has 0 spiro atoms. The number of hydrogen-bond acceptors (Lipinski definition) is 1. The summed E-state index contributed by atoms with van der Waals surface area (Å²) in [6, 6.07) is 8.78. The van der Waals surface area contributed by atoms with Crippen molar-refractivity contribution in [2.45, 2.75) is 70.2 Å². The highest BCUT2D eigenvalue weighted by Gasteiger charge is 2.30. The Bertz CT molecular complexity index is 449. The SMILES string of the molecule is C[SiH](C)C(C)(C)COC(c1ccc(Br)cc1)C1CCCCC1. The fraction of sp³-hybridized carbons (Fsp3) is 0.684. The number of rotatable bonds is 6. The lowest BCUT2D eigenvalue weighted by Gasteiger charge is -2.35. The molecule has 0 saturated heterocycles. The van der Waals surface area contributed by atoms with Gasteiger partial charge in [0.05, 0.1) is 6.10 Å². The molecule has 22 heavy (non-hydrogen) atoms. The van der Waals surface area contributed by atoms with E-state index in [1.807, 2.05) is 0 Å². The van der Waals surface area contributed by atoms with Crippen LogP contribution in [0.5, 0.6) is 0 Å². The summed E-state index contributed by atoms with van der Waals surface area (Å²) in [5.74, 6) is 0.694. The predicted octanol–water partition coefficient (Wildman–Crippen LogP) is 6.35. The summed E-state index contributed by atoms with van der Waals surface area (Å²) in [6.45, 7) is 10.5. The van der Waals surface area contributed by atoms with Gasteiger partial charge in [0, 0.05) is 19.9 Å². The van der Waals surface area contributed by atoms with E-state index in [1.54, 1.807) is 0 Å². The molecule has 1 nitrogen and oxygen atoms in total. The van der Waals surface area contributed by atoms with Gasteiger partial charge in [0.15, 0.2) is 0 Å². The minimum Gasteiger partial charge on any atom is -0.373 e. The Labute approximate surface area is 146 Å². The van der Waals surface area contributed by atoms with Gasteiger partial charge in [-0.05, 0) is 41.5 Å². The van der Waals surface area contributed by atoms with Gasteiger partial charge in [-0.25, -0.2) is 0 Å². The van der Waals surface area contributed by atoms with Crippen LogP contribution in [0.4, 0.5) is 0 Å². The van der Waals surface area contributed by atoms with Crippen LogP contribution in [0.15, 0.2) is 28.7 Å². The number of hydrogen-bond donors (Lipinski definition) is 0. The van der Waals surface area contributed by atoms with Gasteiger partial charge in [-0.15, -0.1) is 0 Å². The van der Waals surface area contributed by atoms with E-state index in [4.69, 9.17) is 4.74 Å². The van der Waals surface area contributed by atoms with E-state index >= 15 is 0 Å². The van der Waals surface area contributed by atoms with Crippen LogP contribution in [-0.4, -0.2) is 15.4 Å². The molecule has 0 aromatic heterocycles. The fourth-order valence-corrected chi connectivity index (χ4v) is 3.76. The molecule has 1 fully saturated rings. The zero-order chi connectivity index (χ0) is 16.2. The van der Waals surface area contributed by atoms with Crippen LogP contribution in [0.1, 0.15) is 57.6 Å². The summed E-state index contributed by atoms with van der Waals surface area (Å²) in [4.78, 5) is 0. The first-order valence-corrected chi connectivity index (χ1v) is 12.4. The third-order valence-corrected chi connectivity index (χ3v) is 9.30. The van der Waals surface area contributed by atoms with Gasteiger partial charge in [-0.3, -0.25) is 0 Å². The molecule has 1 unspecified atom stereocenters. The van der Waals surface area contributed by atoms with E-state index in [1.165, 1.54) is 37.7 Å². The van der Waals surface area contributed by atoms with Crippen molar-refractivity contribution in [3.8, 4) is 0 Å². The maximum atomic E-state index is 6.55. The first kappa shape index (κ1) is 18.2. The Morgan fingerprint density at radius 1 is 1.14 bits per heavy atom. The average Bonchev–Trinajstić information content (AvgIpc) is 2.50. The molecule has 0 radical (unpaired) electrons. The lowest BCUT2D eigenvalue weighted by Crippen LogP contribution is -2.29. The second-order valence-corrected chi connectivity index (χ2v) is 12.6. The topological polar surface area (TPSA) is 9.23 Å². The first-order valence-electron chi connectivity index (χ1n) is 8.77. The molecule has 1 aliphatic carbocycles. The molecule has 1 aliphatic rings. The first-order chi connectivity index (χ1) is 10.4. The smallest absolute Gasteiger partial charge is 0.0853 e. The molecule has 1 saturated carbocycles. The van der Waals surface area contributed by atoms with Crippen LogP contribution in [0, 0.1) is 5.92 Å². The summed E-state index contributed by atoms with van der Waals surface area (Å²) >= 11 is 3.55. The van der Waals surface area contributed by atoms with Crippen LogP contribution in [0.25, 0.3) is 0 Å². The molecular weight excluding hydrogens is 352 g/mol. The standard InChI is InChI=1S/C19H31BrOSi/c1-19(2,22(3)4)14-21-18(15-8-6-5-7-9-15)16-10-12-17(20)13-11-16/h10-13,15,18,22H,5-9,14H2,1-4H3. The second kappa shape index (κ2) is 8.12. The van der Waals surface area contributed by atoms with Crippen molar-refractivity contribution in [3.05, 3.63) is 34.3 Å². The molecule has 2 rings (SSSR count). The summed E-state index contributed by atoms with van der Waals surface area (Å²) in [7, 11) is -0.715. The fourth-order valence-electron chi connectivity index (χ4n) is 3.07. The van der Waals surface area contributed by atoms with E-state index in [0.717, 1.165) is 11.1 Å². The summed E-state index contributed by atoms with van der Waals surface area (Å²) in [5, 5.41) is 0.363. The molecule has 0 bridgehead atoms. The van der Waals surface area contributed by atoms with Crippen LogP contribution >= 0.6 is 15.9 Å². The third kappa shape index (κ3) is 4.94. The Kier molecular flexibility index (Phi) is 6.72. The maximum Gasteiger partial charge on any atom is 0.0853 e. The van der Waals surface area contributed by atoms with Gasteiger partial charge in [0.1, 0.15) is 0 Å². The van der Waals surface area contributed by atoms with Crippen molar-refractivity contribution in [2.75, 3.05) is 6.61 Å². The highest BCUT2D eigenvalue weighted by molar-refractivity contribution is 9.10. The number of ether oxygens (including phenoxy) is 1. The van der Waals surface area contributed by atoms with Crippen molar-refractivity contribution in [1.29, 1.82) is 0 Å². The minimum absolute atomic E-state index is 0.278. The molecule has 1 atom stereocenters. The zero-order valence-electron chi connectivity index (χ0n) is 14.6. The third-order valence-electron chi connectivity index (χ3n) is 5.47. The normalized spacial score (nSPS) is 18.6. The van der Waals surface area contributed by atoms with Gasteiger partial charge in [0.2, 0.25) is 0 Å². The van der Waals surface area contributed by atoms with Crippen LogP contribution in [0.3, 0.4) is 0 Å². The van der Waals surface area contributed by atoms with Crippen LogP contribution < -0.4 is 0 Å². The van der Waals surface area contributed by atoms with E-state index in [-0.39, 0.29) is 6.10 Å². The van der Waals surface area contributed by atoms with Crippen LogP contribution in [0.2, 0.25) is 18.1 Å². The van der Waals surface area contributed by atoms with Crippen LogP contribution in [-0.2, 0) is 4.74 Å².